The third kappa shape index (κ3) is 7.43. The molecular weight excluding hydrogens is 317 g/mol. The van der Waals surface area contributed by atoms with Gasteiger partial charge in [-0.15, -0.1) is 0 Å². The predicted octanol–water partition coefficient (Wildman–Crippen LogP) is 3.43. The summed E-state index contributed by atoms with van der Waals surface area (Å²) in [7, 11) is 0. The van der Waals surface area contributed by atoms with Crippen LogP contribution in [0, 0.1) is 17.7 Å². The van der Waals surface area contributed by atoms with Gasteiger partial charge in [0.25, 0.3) is 0 Å². The van der Waals surface area contributed by atoms with Crippen LogP contribution in [0.15, 0.2) is 24.3 Å². The van der Waals surface area contributed by atoms with Crippen LogP contribution in [-0.2, 0) is 6.42 Å². The number of likely N-dealkylation sites (tertiary alicyclic amines) is 1. The number of halogens is 1. The molecule has 1 aliphatic heterocycles. The fraction of sp³-hybridized carbons (Fsp3) is 0.650. The lowest BCUT2D eigenvalue weighted by molar-refractivity contribution is 0.139. The molecule has 5 heteroatoms. The van der Waals surface area contributed by atoms with Gasteiger partial charge in [-0.25, -0.2) is 9.18 Å². The number of piperidine rings is 1. The zero-order chi connectivity index (χ0) is 18.1. The first kappa shape index (κ1) is 19.7. The molecule has 2 amide bonds. The summed E-state index contributed by atoms with van der Waals surface area (Å²) < 4.78 is 13.5. The lowest BCUT2D eigenvalue weighted by Crippen LogP contribution is -2.40. The van der Waals surface area contributed by atoms with Crippen molar-refractivity contribution in [2.75, 3.05) is 32.7 Å². The Hall–Kier alpha value is -1.62. The maximum atomic E-state index is 13.5. The molecule has 0 bridgehead atoms. The second-order valence-corrected chi connectivity index (χ2v) is 7.44. The molecule has 1 saturated heterocycles. The first-order valence-corrected chi connectivity index (χ1v) is 9.52. The molecule has 1 fully saturated rings. The summed E-state index contributed by atoms with van der Waals surface area (Å²) in [5, 5.41) is 5.66. The van der Waals surface area contributed by atoms with E-state index in [0.717, 1.165) is 31.2 Å². The van der Waals surface area contributed by atoms with Crippen LogP contribution < -0.4 is 10.6 Å². The van der Waals surface area contributed by atoms with E-state index < -0.39 is 0 Å². The van der Waals surface area contributed by atoms with Gasteiger partial charge < -0.3 is 15.5 Å². The quantitative estimate of drug-likeness (QED) is 0.706. The van der Waals surface area contributed by atoms with Crippen molar-refractivity contribution in [1.82, 2.24) is 15.5 Å². The highest BCUT2D eigenvalue weighted by molar-refractivity contribution is 5.73. The highest BCUT2D eigenvalue weighted by atomic mass is 19.1. The van der Waals surface area contributed by atoms with Gasteiger partial charge >= 0.3 is 6.03 Å². The van der Waals surface area contributed by atoms with Gasteiger partial charge in [0, 0.05) is 26.2 Å². The summed E-state index contributed by atoms with van der Waals surface area (Å²) in [6.45, 7) is 9.31. The Labute approximate surface area is 151 Å². The Morgan fingerprint density at radius 2 is 1.80 bits per heavy atom. The Kier molecular flexibility index (Phi) is 8.19. The molecule has 1 heterocycles. The minimum atomic E-state index is -0.217. The van der Waals surface area contributed by atoms with E-state index in [2.05, 4.69) is 29.4 Å². The number of rotatable bonds is 8. The van der Waals surface area contributed by atoms with Gasteiger partial charge in [-0.2, -0.15) is 0 Å². The number of benzene rings is 1. The van der Waals surface area contributed by atoms with E-state index in [-0.39, 0.29) is 11.8 Å². The van der Waals surface area contributed by atoms with Crippen molar-refractivity contribution >= 4 is 6.03 Å². The van der Waals surface area contributed by atoms with Crippen LogP contribution in [-0.4, -0.2) is 43.7 Å². The minimum Gasteiger partial charge on any atom is -0.338 e. The smallest absolute Gasteiger partial charge is 0.314 e. The minimum absolute atomic E-state index is 0.170. The highest BCUT2D eigenvalue weighted by Gasteiger charge is 2.20. The average Bonchev–Trinajstić information content (AvgIpc) is 2.55. The lowest BCUT2D eigenvalue weighted by Gasteiger charge is -2.34. The molecule has 1 aromatic rings. The number of unbranched alkanes of at least 4 members (excludes halogenated alkanes) is 1. The van der Waals surface area contributed by atoms with Crippen molar-refractivity contribution < 1.29 is 9.18 Å². The molecule has 25 heavy (non-hydrogen) atoms. The Morgan fingerprint density at radius 3 is 2.52 bits per heavy atom. The van der Waals surface area contributed by atoms with Crippen LogP contribution in [0.3, 0.4) is 0 Å². The Balaban J connectivity index is 1.50. The molecule has 1 aliphatic rings. The van der Waals surface area contributed by atoms with Gasteiger partial charge in [0.2, 0.25) is 0 Å². The van der Waals surface area contributed by atoms with E-state index >= 15 is 0 Å². The molecule has 0 aromatic heterocycles. The van der Waals surface area contributed by atoms with Crippen molar-refractivity contribution in [3.05, 3.63) is 35.6 Å². The molecule has 1 aromatic carbocycles. The van der Waals surface area contributed by atoms with Crippen molar-refractivity contribution in [3.8, 4) is 0 Å². The Morgan fingerprint density at radius 1 is 1.12 bits per heavy atom. The van der Waals surface area contributed by atoms with Crippen molar-refractivity contribution in [2.24, 2.45) is 11.8 Å². The number of hydrogen-bond donors (Lipinski definition) is 2. The molecule has 0 radical (unpaired) electrons. The molecule has 0 spiro atoms. The maximum Gasteiger partial charge on any atom is 0.314 e. The monoisotopic (exact) mass is 349 g/mol. The largest absolute Gasteiger partial charge is 0.338 e. The molecule has 2 N–H and O–H groups in total. The molecule has 4 nitrogen and oxygen atoms in total. The third-order valence-electron chi connectivity index (χ3n) is 4.77. The molecular formula is C20H32FN3O. The van der Waals surface area contributed by atoms with Gasteiger partial charge in [0.15, 0.2) is 0 Å². The number of carbonyl (C=O) groups is 1. The SMILES string of the molecule is CC1CC(C)CN(CCCCNC(=O)NCCc2ccccc2F)C1. The summed E-state index contributed by atoms with van der Waals surface area (Å²) in [4.78, 5) is 14.3. The van der Waals surface area contributed by atoms with Gasteiger partial charge in [0.05, 0.1) is 0 Å². The summed E-state index contributed by atoms with van der Waals surface area (Å²) in [6.07, 6.45) is 3.94. The van der Waals surface area contributed by atoms with Crippen LogP contribution >= 0.6 is 0 Å². The topological polar surface area (TPSA) is 44.4 Å². The van der Waals surface area contributed by atoms with Gasteiger partial charge in [-0.1, -0.05) is 32.0 Å². The van der Waals surface area contributed by atoms with Crippen LogP contribution in [0.1, 0.15) is 38.7 Å². The summed E-state index contributed by atoms with van der Waals surface area (Å²) in [6, 6.07) is 6.50. The second-order valence-electron chi connectivity index (χ2n) is 7.44. The first-order valence-electron chi connectivity index (χ1n) is 9.52. The third-order valence-corrected chi connectivity index (χ3v) is 4.77. The number of urea groups is 1. The first-order chi connectivity index (χ1) is 12.0. The normalized spacial score (nSPS) is 21.1. The highest BCUT2D eigenvalue weighted by Crippen LogP contribution is 2.20. The number of nitrogens with one attached hydrogen (secondary N) is 2. The van der Waals surface area contributed by atoms with Crippen LogP contribution in [0.2, 0.25) is 0 Å². The Bertz CT molecular complexity index is 527. The van der Waals surface area contributed by atoms with E-state index in [1.54, 1.807) is 12.1 Å². The zero-order valence-corrected chi connectivity index (χ0v) is 15.6. The fourth-order valence-corrected chi connectivity index (χ4v) is 3.71. The summed E-state index contributed by atoms with van der Waals surface area (Å²) >= 11 is 0. The molecule has 2 rings (SSSR count). The molecule has 0 aliphatic carbocycles. The molecule has 0 saturated carbocycles. The fourth-order valence-electron chi connectivity index (χ4n) is 3.71. The van der Waals surface area contributed by atoms with E-state index in [4.69, 9.17) is 0 Å². The van der Waals surface area contributed by atoms with Crippen LogP contribution in [0.5, 0.6) is 0 Å². The lowest BCUT2D eigenvalue weighted by atomic mass is 9.92. The zero-order valence-electron chi connectivity index (χ0n) is 15.6. The predicted molar refractivity (Wildman–Crippen MR) is 100 cm³/mol. The van der Waals surface area contributed by atoms with Crippen LogP contribution in [0.4, 0.5) is 9.18 Å². The molecule has 2 unspecified atom stereocenters. The van der Waals surface area contributed by atoms with Gasteiger partial charge in [-0.3, -0.25) is 0 Å². The van der Waals surface area contributed by atoms with Gasteiger partial charge in [0.1, 0.15) is 5.82 Å². The number of hydrogen-bond acceptors (Lipinski definition) is 2. The number of nitrogens with zero attached hydrogens (tertiary/aromatic N) is 1. The standard InChI is InChI=1S/C20H32FN3O/c1-16-13-17(2)15-24(14-16)12-6-5-10-22-20(25)23-11-9-18-7-3-4-8-19(18)21/h3-4,7-8,16-17H,5-6,9-15H2,1-2H3,(H2,22,23,25). The van der Waals surface area contributed by atoms with E-state index in [0.29, 0.717) is 25.1 Å². The van der Waals surface area contributed by atoms with E-state index in [1.165, 1.54) is 25.6 Å². The number of amides is 2. The van der Waals surface area contributed by atoms with E-state index in [9.17, 15) is 9.18 Å². The van der Waals surface area contributed by atoms with Crippen molar-refractivity contribution in [2.45, 2.75) is 39.5 Å². The second kappa shape index (κ2) is 10.4. The van der Waals surface area contributed by atoms with Crippen molar-refractivity contribution in [1.29, 1.82) is 0 Å². The van der Waals surface area contributed by atoms with Gasteiger partial charge in [-0.05, 0) is 55.7 Å². The summed E-state index contributed by atoms with van der Waals surface area (Å²) in [5.41, 5.74) is 0.632. The molecule has 2 atom stereocenters. The average molecular weight is 349 g/mol. The van der Waals surface area contributed by atoms with Crippen LogP contribution in [0.25, 0.3) is 0 Å². The summed E-state index contributed by atoms with van der Waals surface area (Å²) in [5.74, 6) is 1.37. The van der Waals surface area contributed by atoms with E-state index in [1.807, 2.05) is 6.07 Å². The maximum absolute atomic E-state index is 13.5. The molecule has 140 valence electrons. The van der Waals surface area contributed by atoms with Crippen molar-refractivity contribution in [3.63, 3.8) is 0 Å². The number of carbonyl (C=O) groups excluding carboxylic acids is 1.